The number of rotatable bonds is 5. The van der Waals surface area contributed by atoms with Crippen LogP contribution in [0.5, 0.6) is 0 Å². The summed E-state index contributed by atoms with van der Waals surface area (Å²) in [6, 6.07) is 2.52. The van der Waals surface area contributed by atoms with Crippen LogP contribution in [0.25, 0.3) is 5.65 Å². The van der Waals surface area contributed by atoms with Gasteiger partial charge in [0.25, 0.3) is 5.91 Å². The minimum absolute atomic E-state index is 0.0185. The van der Waals surface area contributed by atoms with Crippen molar-refractivity contribution in [3.8, 4) is 0 Å². The summed E-state index contributed by atoms with van der Waals surface area (Å²) in [6.07, 6.45) is -3.42. The van der Waals surface area contributed by atoms with Crippen LogP contribution in [-0.2, 0) is 17.4 Å². The van der Waals surface area contributed by atoms with E-state index in [0.717, 1.165) is 17.2 Å². The molecular weight excluding hydrogens is 485 g/mol. The Morgan fingerprint density at radius 2 is 1.82 bits per heavy atom. The normalized spacial score (nSPS) is 18.3. The standard InChI is InChI=1S/C18H19ClF5N3O.C4H6O2/c1-2-25-16(28)11-8-13(19)27-12(7-10-3-5-17(20,21)6-4-10)15(18(22,23)24)26-14(27)9-11;5-4(6)3-1-2-3/h8-10H,2-7H2,1H3,(H,25,28);3H,1-2H2,(H,5,6). The molecule has 12 heteroatoms. The highest BCUT2D eigenvalue weighted by Crippen LogP contribution is 2.40. The van der Waals surface area contributed by atoms with Crippen LogP contribution in [-0.4, -0.2) is 38.8 Å². The van der Waals surface area contributed by atoms with Gasteiger partial charge < -0.3 is 10.4 Å². The molecule has 2 N–H and O–H groups in total. The first-order chi connectivity index (χ1) is 15.8. The van der Waals surface area contributed by atoms with E-state index in [1.165, 1.54) is 12.1 Å². The molecule has 0 spiro atoms. The minimum Gasteiger partial charge on any atom is -0.481 e. The van der Waals surface area contributed by atoms with Crippen LogP contribution in [0, 0.1) is 11.8 Å². The van der Waals surface area contributed by atoms with E-state index < -0.39 is 29.7 Å². The third-order valence-electron chi connectivity index (χ3n) is 5.88. The SMILES string of the molecule is CCNC(=O)c1cc(Cl)n2c(CC3CCC(F)(F)CC3)c(C(F)(F)F)nc2c1.O=C(O)C1CC1. The first-order valence-corrected chi connectivity index (χ1v) is 11.4. The third-order valence-corrected chi connectivity index (χ3v) is 6.16. The fraction of sp³-hybridized carbons (Fsp3) is 0.591. The van der Waals surface area contributed by atoms with Crippen molar-refractivity contribution in [2.45, 2.75) is 64.0 Å². The average molecular weight is 510 g/mol. The van der Waals surface area contributed by atoms with Gasteiger partial charge in [-0.25, -0.2) is 13.8 Å². The molecule has 0 unspecified atom stereocenters. The molecule has 0 aliphatic heterocycles. The number of fused-ring (bicyclic) bond motifs is 1. The Bertz CT molecular complexity index is 1060. The number of halogens is 6. The van der Waals surface area contributed by atoms with E-state index in [-0.39, 0.29) is 66.0 Å². The summed E-state index contributed by atoms with van der Waals surface area (Å²) in [7, 11) is 0. The highest BCUT2D eigenvalue weighted by molar-refractivity contribution is 6.30. The van der Waals surface area contributed by atoms with Crippen LogP contribution in [0.2, 0.25) is 5.15 Å². The number of hydrogen-bond donors (Lipinski definition) is 2. The molecule has 34 heavy (non-hydrogen) atoms. The Morgan fingerprint density at radius 3 is 2.29 bits per heavy atom. The van der Waals surface area contributed by atoms with Gasteiger partial charge in [-0.05, 0) is 57.1 Å². The van der Waals surface area contributed by atoms with E-state index in [1.807, 2.05) is 0 Å². The molecule has 2 aliphatic rings. The van der Waals surface area contributed by atoms with Gasteiger partial charge in [0.15, 0.2) is 5.69 Å². The fourth-order valence-corrected chi connectivity index (χ4v) is 4.20. The number of carboxylic acid groups (broad SMARTS) is 1. The van der Waals surface area contributed by atoms with Crippen molar-refractivity contribution in [3.63, 3.8) is 0 Å². The van der Waals surface area contributed by atoms with Gasteiger partial charge in [-0.3, -0.25) is 14.0 Å². The number of imidazole rings is 1. The molecule has 188 valence electrons. The molecule has 0 aromatic carbocycles. The number of aliphatic carboxylic acids is 1. The Hall–Kier alpha value is -2.43. The zero-order valence-electron chi connectivity index (χ0n) is 18.4. The van der Waals surface area contributed by atoms with E-state index in [9.17, 15) is 31.5 Å². The summed E-state index contributed by atoms with van der Waals surface area (Å²) in [6.45, 7) is 2.06. The molecule has 6 nitrogen and oxygen atoms in total. The summed E-state index contributed by atoms with van der Waals surface area (Å²) in [4.78, 5) is 25.4. The number of nitrogens with one attached hydrogen (secondary N) is 1. The number of alkyl halides is 5. The fourth-order valence-electron chi connectivity index (χ4n) is 3.90. The van der Waals surface area contributed by atoms with Crippen molar-refractivity contribution in [1.29, 1.82) is 0 Å². The van der Waals surface area contributed by atoms with Crippen molar-refractivity contribution in [1.82, 2.24) is 14.7 Å². The summed E-state index contributed by atoms with van der Waals surface area (Å²) in [5.74, 6) is -4.17. The highest BCUT2D eigenvalue weighted by atomic mass is 35.5. The Morgan fingerprint density at radius 1 is 1.21 bits per heavy atom. The lowest BCUT2D eigenvalue weighted by Crippen LogP contribution is -2.26. The maximum absolute atomic E-state index is 13.6. The van der Waals surface area contributed by atoms with Crippen LogP contribution >= 0.6 is 11.6 Å². The molecule has 0 radical (unpaired) electrons. The maximum Gasteiger partial charge on any atom is 0.435 e. The summed E-state index contributed by atoms with van der Waals surface area (Å²) < 4.78 is 68.6. The molecule has 2 heterocycles. The molecule has 1 amide bonds. The van der Waals surface area contributed by atoms with Crippen molar-refractivity contribution >= 4 is 29.1 Å². The number of nitrogens with zero attached hydrogens (tertiary/aromatic N) is 2. The Balaban J connectivity index is 0.000000469. The largest absolute Gasteiger partial charge is 0.481 e. The molecule has 2 fully saturated rings. The molecule has 0 saturated heterocycles. The second-order valence-electron chi connectivity index (χ2n) is 8.64. The van der Waals surface area contributed by atoms with E-state index in [0.29, 0.717) is 6.54 Å². The Labute approximate surface area is 197 Å². The second-order valence-corrected chi connectivity index (χ2v) is 9.03. The van der Waals surface area contributed by atoms with Gasteiger partial charge in [0.2, 0.25) is 5.92 Å². The van der Waals surface area contributed by atoms with E-state index in [2.05, 4.69) is 10.3 Å². The van der Waals surface area contributed by atoms with Crippen LogP contribution in [0.15, 0.2) is 12.1 Å². The number of hydrogen-bond acceptors (Lipinski definition) is 3. The molecule has 2 aliphatic carbocycles. The molecule has 0 atom stereocenters. The summed E-state index contributed by atoms with van der Waals surface area (Å²) >= 11 is 6.19. The van der Waals surface area contributed by atoms with Crippen molar-refractivity contribution in [2.75, 3.05) is 6.54 Å². The highest BCUT2D eigenvalue weighted by Gasteiger charge is 2.40. The molecule has 2 saturated carbocycles. The van der Waals surface area contributed by atoms with Crippen LogP contribution in [0.1, 0.15) is 67.2 Å². The van der Waals surface area contributed by atoms with Crippen molar-refractivity contribution < 1.29 is 36.6 Å². The van der Waals surface area contributed by atoms with E-state index >= 15 is 0 Å². The van der Waals surface area contributed by atoms with Gasteiger partial charge in [0.1, 0.15) is 10.8 Å². The molecule has 2 aromatic heterocycles. The van der Waals surface area contributed by atoms with Gasteiger partial charge in [0, 0.05) is 24.9 Å². The molecular formula is C22H25ClF5N3O3. The predicted molar refractivity (Wildman–Crippen MR) is 114 cm³/mol. The quantitative estimate of drug-likeness (QED) is 0.405. The average Bonchev–Trinajstić information content (AvgIpc) is 3.52. The predicted octanol–water partition coefficient (Wildman–Crippen LogP) is 5.61. The number of carboxylic acids is 1. The number of carbonyl (C=O) groups is 2. The molecule has 0 bridgehead atoms. The van der Waals surface area contributed by atoms with Gasteiger partial charge in [-0.2, -0.15) is 13.2 Å². The first-order valence-electron chi connectivity index (χ1n) is 11.0. The molecule has 4 rings (SSSR count). The Kier molecular flexibility index (Phi) is 7.74. The number of carbonyl (C=O) groups excluding carboxylic acids is 1. The maximum atomic E-state index is 13.6. The number of aromatic nitrogens is 2. The van der Waals surface area contributed by atoms with Gasteiger partial charge in [-0.1, -0.05) is 11.6 Å². The second kappa shape index (κ2) is 10.1. The van der Waals surface area contributed by atoms with Crippen LogP contribution in [0.3, 0.4) is 0 Å². The smallest absolute Gasteiger partial charge is 0.435 e. The van der Waals surface area contributed by atoms with Crippen LogP contribution < -0.4 is 5.32 Å². The van der Waals surface area contributed by atoms with Gasteiger partial charge in [-0.15, -0.1) is 0 Å². The van der Waals surface area contributed by atoms with Crippen molar-refractivity contribution in [3.05, 3.63) is 34.2 Å². The lowest BCUT2D eigenvalue weighted by atomic mass is 9.83. The topological polar surface area (TPSA) is 83.7 Å². The van der Waals surface area contributed by atoms with Crippen LogP contribution in [0.4, 0.5) is 22.0 Å². The monoisotopic (exact) mass is 509 g/mol. The lowest BCUT2D eigenvalue weighted by molar-refractivity contribution is -0.141. The van der Waals surface area contributed by atoms with Gasteiger partial charge in [0.05, 0.1) is 11.6 Å². The zero-order chi connectivity index (χ0) is 25.3. The summed E-state index contributed by atoms with van der Waals surface area (Å²) in [5, 5.41) is 10.5. The summed E-state index contributed by atoms with van der Waals surface area (Å²) in [5.41, 5.74) is -1.26. The number of amides is 1. The third kappa shape index (κ3) is 6.37. The zero-order valence-corrected chi connectivity index (χ0v) is 19.1. The van der Waals surface area contributed by atoms with Gasteiger partial charge >= 0.3 is 12.1 Å². The molecule has 2 aromatic rings. The first kappa shape index (κ1) is 26.2. The lowest BCUT2D eigenvalue weighted by Gasteiger charge is -2.28. The van der Waals surface area contributed by atoms with E-state index in [1.54, 1.807) is 6.92 Å². The number of pyridine rings is 1. The van der Waals surface area contributed by atoms with Crippen molar-refractivity contribution in [2.24, 2.45) is 11.8 Å². The minimum atomic E-state index is -4.73. The van der Waals surface area contributed by atoms with E-state index in [4.69, 9.17) is 16.7 Å².